The standard InChI is InChI=1S/C18H22N2O3S/c1-13-16(18(21)22)24-17(19-13)14-6-5-7-15(12-14)23-11-10-20-8-3-2-4-9-20/h5-7,12H,2-4,8-11H2,1H3,(H,21,22). The molecule has 1 aromatic heterocycles. The highest BCUT2D eigenvalue weighted by atomic mass is 32.1. The zero-order chi connectivity index (χ0) is 16.9. The third-order valence-electron chi connectivity index (χ3n) is 4.20. The van der Waals surface area contributed by atoms with Crippen LogP contribution in [0, 0.1) is 6.92 Å². The van der Waals surface area contributed by atoms with Gasteiger partial charge in [-0.05, 0) is 45.0 Å². The number of ether oxygens (including phenoxy) is 1. The summed E-state index contributed by atoms with van der Waals surface area (Å²) >= 11 is 1.20. The van der Waals surface area contributed by atoms with E-state index in [9.17, 15) is 4.79 Å². The topological polar surface area (TPSA) is 62.7 Å². The molecule has 1 aliphatic heterocycles. The summed E-state index contributed by atoms with van der Waals surface area (Å²) in [5.41, 5.74) is 1.45. The van der Waals surface area contributed by atoms with Gasteiger partial charge in [0.15, 0.2) is 0 Å². The van der Waals surface area contributed by atoms with Crippen molar-refractivity contribution in [1.82, 2.24) is 9.88 Å². The van der Waals surface area contributed by atoms with Gasteiger partial charge in [0.2, 0.25) is 0 Å². The second-order valence-corrected chi connectivity index (χ2v) is 7.02. The SMILES string of the molecule is Cc1nc(-c2cccc(OCCN3CCCCC3)c2)sc1C(=O)O. The van der Waals surface area contributed by atoms with Gasteiger partial charge in [-0.15, -0.1) is 11.3 Å². The molecule has 24 heavy (non-hydrogen) atoms. The molecule has 0 spiro atoms. The average Bonchev–Trinajstić information content (AvgIpc) is 2.98. The first-order valence-corrected chi connectivity index (χ1v) is 9.11. The van der Waals surface area contributed by atoms with Crippen LogP contribution < -0.4 is 4.74 Å². The summed E-state index contributed by atoms with van der Waals surface area (Å²) in [6, 6.07) is 7.71. The highest BCUT2D eigenvalue weighted by Crippen LogP contribution is 2.30. The van der Waals surface area contributed by atoms with Crippen molar-refractivity contribution < 1.29 is 14.6 Å². The van der Waals surface area contributed by atoms with E-state index in [0.717, 1.165) is 17.9 Å². The second-order valence-electron chi connectivity index (χ2n) is 6.02. The molecular weight excluding hydrogens is 324 g/mol. The third-order valence-corrected chi connectivity index (χ3v) is 5.39. The van der Waals surface area contributed by atoms with Crippen molar-refractivity contribution in [2.45, 2.75) is 26.2 Å². The maximum absolute atomic E-state index is 11.2. The van der Waals surface area contributed by atoms with Crippen molar-refractivity contribution in [3.8, 4) is 16.3 Å². The summed E-state index contributed by atoms with van der Waals surface area (Å²) in [5.74, 6) is -0.126. The molecule has 1 aliphatic rings. The highest BCUT2D eigenvalue weighted by molar-refractivity contribution is 7.17. The Balaban J connectivity index is 1.63. The number of aryl methyl sites for hydroxylation is 1. The first kappa shape index (κ1) is 16.9. The molecule has 5 nitrogen and oxygen atoms in total. The number of aromatic carboxylic acids is 1. The van der Waals surface area contributed by atoms with E-state index in [1.54, 1.807) is 6.92 Å². The summed E-state index contributed by atoms with van der Waals surface area (Å²) in [4.78, 5) is 18.3. The lowest BCUT2D eigenvalue weighted by atomic mass is 10.1. The normalized spacial score (nSPS) is 15.4. The number of carboxylic acid groups (broad SMARTS) is 1. The number of piperidine rings is 1. The van der Waals surface area contributed by atoms with Crippen LogP contribution in [0.15, 0.2) is 24.3 Å². The molecule has 1 N–H and O–H groups in total. The number of hydrogen-bond donors (Lipinski definition) is 1. The van der Waals surface area contributed by atoms with Gasteiger partial charge in [0.25, 0.3) is 0 Å². The Bertz CT molecular complexity index is 708. The molecule has 1 aromatic carbocycles. The highest BCUT2D eigenvalue weighted by Gasteiger charge is 2.15. The van der Waals surface area contributed by atoms with E-state index < -0.39 is 5.97 Å². The molecule has 1 saturated heterocycles. The quantitative estimate of drug-likeness (QED) is 0.864. The summed E-state index contributed by atoms with van der Waals surface area (Å²) in [7, 11) is 0. The molecule has 3 rings (SSSR count). The number of benzene rings is 1. The number of aromatic nitrogens is 1. The van der Waals surface area contributed by atoms with E-state index in [1.807, 2.05) is 24.3 Å². The zero-order valence-corrected chi connectivity index (χ0v) is 14.6. The molecule has 2 heterocycles. The van der Waals surface area contributed by atoms with Gasteiger partial charge in [-0.2, -0.15) is 0 Å². The van der Waals surface area contributed by atoms with Crippen LogP contribution in [0.2, 0.25) is 0 Å². The predicted molar refractivity (Wildman–Crippen MR) is 95.0 cm³/mol. The van der Waals surface area contributed by atoms with Gasteiger partial charge in [-0.25, -0.2) is 9.78 Å². The Hall–Kier alpha value is -1.92. The number of rotatable bonds is 6. The first-order valence-electron chi connectivity index (χ1n) is 8.30. The fourth-order valence-corrected chi connectivity index (χ4v) is 3.81. The van der Waals surface area contributed by atoms with Crippen LogP contribution in [0.5, 0.6) is 5.75 Å². The molecule has 0 saturated carbocycles. The van der Waals surface area contributed by atoms with E-state index in [-0.39, 0.29) is 0 Å². The summed E-state index contributed by atoms with van der Waals surface area (Å²) in [5, 5.41) is 9.88. The number of likely N-dealkylation sites (tertiary alicyclic amines) is 1. The number of carboxylic acids is 1. The van der Waals surface area contributed by atoms with Crippen molar-refractivity contribution >= 4 is 17.3 Å². The Morgan fingerprint density at radius 1 is 1.33 bits per heavy atom. The minimum atomic E-state index is -0.926. The Kier molecular flexibility index (Phi) is 5.48. The smallest absolute Gasteiger partial charge is 0.347 e. The van der Waals surface area contributed by atoms with Crippen LogP contribution in [0.1, 0.15) is 34.6 Å². The first-order chi connectivity index (χ1) is 11.6. The summed E-state index contributed by atoms with van der Waals surface area (Å²) in [6.07, 6.45) is 3.90. The third kappa shape index (κ3) is 4.13. The Labute approximate surface area is 145 Å². The van der Waals surface area contributed by atoms with Gasteiger partial charge < -0.3 is 9.84 Å². The maximum atomic E-state index is 11.2. The van der Waals surface area contributed by atoms with Crippen LogP contribution in [0.25, 0.3) is 10.6 Å². The van der Waals surface area contributed by atoms with Crippen molar-refractivity contribution in [2.75, 3.05) is 26.2 Å². The summed E-state index contributed by atoms with van der Waals surface area (Å²) < 4.78 is 5.87. The number of nitrogens with zero attached hydrogens (tertiary/aromatic N) is 2. The average molecular weight is 346 g/mol. The lowest BCUT2D eigenvalue weighted by molar-refractivity contribution is 0.0701. The molecule has 0 atom stereocenters. The van der Waals surface area contributed by atoms with Crippen molar-refractivity contribution in [3.05, 3.63) is 34.8 Å². The minimum Gasteiger partial charge on any atom is -0.492 e. The van der Waals surface area contributed by atoms with E-state index in [2.05, 4.69) is 9.88 Å². The lowest BCUT2D eigenvalue weighted by Crippen LogP contribution is -2.33. The van der Waals surface area contributed by atoms with Crippen LogP contribution in [0.3, 0.4) is 0 Å². The largest absolute Gasteiger partial charge is 0.492 e. The van der Waals surface area contributed by atoms with Crippen molar-refractivity contribution in [2.24, 2.45) is 0 Å². The minimum absolute atomic E-state index is 0.293. The van der Waals surface area contributed by atoms with E-state index in [1.165, 1.54) is 43.7 Å². The van der Waals surface area contributed by atoms with E-state index in [0.29, 0.717) is 22.2 Å². The lowest BCUT2D eigenvalue weighted by Gasteiger charge is -2.26. The Morgan fingerprint density at radius 2 is 2.12 bits per heavy atom. The van der Waals surface area contributed by atoms with Gasteiger partial charge in [0.1, 0.15) is 22.2 Å². The second kappa shape index (κ2) is 7.77. The Morgan fingerprint density at radius 3 is 2.83 bits per heavy atom. The zero-order valence-electron chi connectivity index (χ0n) is 13.8. The van der Waals surface area contributed by atoms with Crippen LogP contribution in [-0.2, 0) is 0 Å². The van der Waals surface area contributed by atoms with Crippen molar-refractivity contribution in [1.29, 1.82) is 0 Å². The van der Waals surface area contributed by atoms with Gasteiger partial charge in [-0.1, -0.05) is 18.6 Å². The molecule has 6 heteroatoms. The van der Waals surface area contributed by atoms with Gasteiger partial charge in [0, 0.05) is 12.1 Å². The fraction of sp³-hybridized carbons (Fsp3) is 0.444. The van der Waals surface area contributed by atoms with Crippen molar-refractivity contribution in [3.63, 3.8) is 0 Å². The molecule has 128 valence electrons. The van der Waals surface area contributed by atoms with Crippen LogP contribution >= 0.6 is 11.3 Å². The van der Waals surface area contributed by atoms with E-state index in [4.69, 9.17) is 9.84 Å². The summed E-state index contributed by atoms with van der Waals surface area (Å²) in [6.45, 7) is 5.67. The monoisotopic (exact) mass is 346 g/mol. The number of thiazole rings is 1. The van der Waals surface area contributed by atoms with Gasteiger partial charge >= 0.3 is 5.97 Å². The molecule has 0 radical (unpaired) electrons. The van der Waals surface area contributed by atoms with E-state index >= 15 is 0 Å². The molecule has 0 amide bonds. The molecular formula is C18H22N2O3S. The number of carbonyl (C=O) groups is 1. The molecule has 1 fully saturated rings. The van der Waals surface area contributed by atoms with Gasteiger partial charge in [0.05, 0.1) is 5.69 Å². The molecule has 0 unspecified atom stereocenters. The van der Waals surface area contributed by atoms with Crippen LogP contribution in [-0.4, -0.2) is 47.2 Å². The predicted octanol–water partition coefficient (Wildman–Crippen LogP) is 3.68. The number of hydrogen-bond acceptors (Lipinski definition) is 5. The molecule has 0 aliphatic carbocycles. The van der Waals surface area contributed by atoms with Gasteiger partial charge in [-0.3, -0.25) is 4.90 Å². The maximum Gasteiger partial charge on any atom is 0.347 e. The van der Waals surface area contributed by atoms with Crippen LogP contribution in [0.4, 0.5) is 0 Å². The molecule has 2 aromatic rings. The fourth-order valence-electron chi connectivity index (χ4n) is 2.91. The molecule has 0 bridgehead atoms.